The van der Waals surface area contributed by atoms with Gasteiger partial charge in [0.15, 0.2) is 5.82 Å². The van der Waals surface area contributed by atoms with Crippen molar-refractivity contribution >= 4 is 17.6 Å². The molecule has 0 spiro atoms. The summed E-state index contributed by atoms with van der Waals surface area (Å²) in [5.74, 6) is 0.904. The van der Waals surface area contributed by atoms with Crippen LogP contribution < -0.4 is 5.32 Å². The Bertz CT molecular complexity index is 843. The van der Waals surface area contributed by atoms with E-state index >= 15 is 0 Å². The molecule has 0 bridgehead atoms. The molecule has 0 unspecified atom stereocenters. The standard InChI is InChI=1S/C20H23N5O3/c1-13-2-3-14(7-23-13)20(27)25-9-16-12-28-11-15(17(16)10-25)6-19(26)24-18-8-21-4-5-22-18/h2-5,7-8,15-17H,6,9-12H2,1H3,(H,22,24,26)/t15-,16-,17+/m1/s1. The normalized spacial score (nSPS) is 23.9. The van der Waals surface area contributed by atoms with Crippen molar-refractivity contribution in [2.24, 2.45) is 17.8 Å². The Hall–Kier alpha value is -2.87. The number of hydrogen-bond donors (Lipinski definition) is 1. The van der Waals surface area contributed by atoms with Gasteiger partial charge in [0.1, 0.15) is 0 Å². The van der Waals surface area contributed by atoms with Crippen molar-refractivity contribution in [2.75, 3.05) is 31.6 Å². The van der Waals surface area contributed by atoms with E-state index in [9.17, 15) is 9.59 Å². The molecular weight excluding hydrogens is 358 g/mol. The van der Waals surface area contributed by atoms with Gasteiger partial charge in [0.25, 0.3) is 5.91 Å². The number of nitrogens with zero attached hydrogens (tertiary/aromatic N) is 4. The number of nitrogens with one attached hydrogen (secondary N) is 1. The highest BCUT2D eigenvalue weighted by Gasteiger charge is 2.43. The number of carbonyl (C=O) groups is 2. The number of fused-ring (bicyclic) bond motifs is 1. The van der Waals surface area contributed by atoms with Crippen molar-refractivity contribution in [1.82, 2.24) is 19.9 Å². The van der Waals surface area contributed by atoms with E-state index < -0.39 is 0 Å². The summed E-state index contributed by atoms with van der Waals surface area (Å²) in [6.45, 7) is 4.35. The highest BCUT2D eigenvalue weighted by atomic mass is 16.5. The van der Waals surface area contributed by atoms with Crippen LogP contribution in [0.5, 0.6) is 0 Å². The molecule has 2 aromatic heterocycles. The highest BCUT2D eigenvalue weighted by molar-refractivity contribution is 5.94. The van der Waals surface area contributed by atoms with Crippen LogP contribution >= 0.6 is 0 Å². The molecule has 2 aliphatic rings. The van der Waals surface area contributed by atoms with Gasteiger partial charge in [0.2, 0.25) is 5.91 Å². The number of aryl methyl sites for hydroxylation is 1. The topological polar surface area (TPSA) is 97.3 Å². The second kappa shape index (κ2) is 8.02. The minimum atomic E-state index is -0.109. The zero-order chi connectivity index (χ0) is 19.5. The van der Waals surface area contributed by atoms with Gasteiger partial charge in [0, 0.05) is 49.7 Å². The molecule has 0 radical (unpaired) electrons. The molecule has 4 rings (SSSR count). The molecule has 2 aliphatic heterocycles. The second-order valence-electron chi connectivity index (χ2n) is 7.46. The first-order chi connectivity index (χ1) is 13.6. The molecule has 8 nitrogen and oxygen atoms in total. The molecule has 8 heteroatoms. The van der Waals surface area contributed by atoms with Gasteiger partial charge in [-0.15, -0.1) is 0 Å². The molecule has 0 aromatic carbocycles. The molecule has 28 heavy (non-hydrogen) atoms. The summed E-state index contributed by atoms with van der Waals surface area (Å²) in [5.41, 5.74) is 1.48. The van der Waals surface area contributed by atoms with Crippen LogP contribution in [-0.4, -0.2) is 58.0 Å². The lowest BCUT2D eigenvalue weighted by molar-refractivity contribution is -0.119. The summed E-state index contributed by atoms with van der Waals surface area (Å²) >= 11 is 0. The van der Waals surface area contributed by atoms with E-state index in [4.69, 9.17) is 4.74 Å². The Morgan fingerprint density at radius 3 is 2.82 bits per heavy atom. The van der Waals surface area contributed by atoms with E-state index in [0.717, 1.165) is 5.69 Å². The lowest BCUT2D eigenvalue weighted by atomic mass is 9.81. The molecule has 1 N–H and O–H groups in total. The second-order valence-corrected chi connectivity index (χ2v) is 7.46. The fourth-order valence-electron chi connectivity index (χ4n) is 4.05. The van der Waals surface area contributed by atoms with E-state index in [0.29, 0.717) is 44.1 Å². The van der Waals surface area contributed by atoms with Gasteiger partial charge >= 0.3 is 0 Å². The predicted molar refractivity (Wildman–Crippen MR) is 101 cm³/mol. The van der Waals surface area contributed by atoms with Crippen molar-refractivity contribution in [3.8, 4) is 0 Å². The molecule has 2 amide bonds. The summed E-state index contributed by atoms with van der Waals surface area (Å²) in [6, 6.07) is 3.66. The Labute approximate surface area is 163 Å². The van der Waals surface area contributed by atoms with E-state index in [1.807, 2.05) is 24.0 Å². The summed E-state index contributed by atoms with van der Waals surface area (Å²) in [5, 5.41) is 2.78. The average Bonchev–Trinajstić information content (AvgIpc) is 3.14. The van der Waals surface area contributed by atoms with Gasteiger partial charge < -0.3 is 15.0 Å². The molecule has 2 saturated heterocycles. The third-order valence-electron chi connectivity index (χ3n) is 5.48. The molecule has 0 aliphatic carbocycles. The van der Waals surface area contributed by atoms with Gasteiger partial charge in [-0.05, 0) is 30.9 Å². The Morgan fingerprint density at radius 1 is 1.18 bits per heavy atom. The molecule has 146 valence electrons. The van der Waals surface area contributed by atoms with E-state index in [1.165, 1.54) is 12.4 Å². The van der Waals surface area contributed by atoms with Gasteiger partial charge in [-0.3, -0.25) is 19.6 Å². The lowest BCUT2D eigenvalue weighted by Crippen LogP contribution is -2.37. The van der Waals surface area contributed by atoms with E-state index in [1.54, 1.807) is 12.4 Å². The third kappa shape index (κ3) is 4.01. The number of carbonyl (C=O) groups excluding carboxylic acids is 2. The Kier molecular flexibility index (Phi) is 5.29. The van der Waals surface area contributed by atoms with Crippen molar-refractivity contribution in [1.29, 1.82) is 0 Å². The van der Waals surface area contributed by atoms with Gasteiger partial charge in [-0.2, -0.15) is 0 Å². The largest absolute Gasteiger partial charge is 0.381 e. The van der Waals surface area contributed by atoms with Crippen LogP contribution in [0.3, 0.4) is 0 Å². The first-order valence-electron chi connectivity index (χ1n) is 9.45. The zero-order valence-corrected chi connectivity index (χ0v) is 15.7. The number of pyridine rings is 1. The van der Waals surface area contributed by atoms with Crippen LogP contribution in [0.1, 0.15) is 22.5 Å². The molecule has 3 atom stereocenters. The third-order valence-corrected chi connectivity index (χ3v) is 5.48. The van der Waals surface area contributed by atoms with Crippen LogP contribution in [0.25, 0.3) is 0 Å². The first-order valence-corrected chi connectivity index (χ1v) is 9.45. The zero-order valence-electron chi connectivity index (χ0n) is 15.7. The van der Waals surface area contributed by atoms with Gasteiger partial charge in [0.05, 0.1) is 25.0 Å². The van der Waals surface area contributed by atoms with Crippen molar-refractivity contribution in [2.45, 2.75) is 13.3 Å². The maximum atomic E-state index is 12.8. The van der Waals surface area contributed by atoms with Crippen LogP contribution in [0.4, 0.5) is 5.82 Å². The van der Waals surface area contributed by atoms with E-state index in [-0.39, 0.29) is 29.6 Å². The number of ether oxygens (including phenoxy) is 1. The Balaban J connectivity index is 1.39. The number of aromatic nitrogens is 3. The van der Waals surface area contributed by atoms with Crippen LogP contribution in [0.2, 0.25) is 0 Å². The first kappa shape index (κ1) is 18.5. The maximum absolute atomic E-state index is 12.8. The van der Waals surface area contributed by atoms with Gasteiger partial charge in [-0.25, -0.2) is 4.98 Å². The summed E-state index contributed by atoms with van der Waals surface area (Å²) in [4.78, 5) is 39.3. The minimum Gasteiger partial charge on any atom is -0.381 e. The highest BCUT2D eigenvalue weighted by Crippen LogP contribution is 2.36. The average molecular weight is 381 g/mol. The molecule has 4 heterocycles. The maximum Gasteiger partial charge on any atom is 0.255 e. The molecule has 2 fully saturated rings. The molecule has 0 saturated carbocycles. The number of amides is 2. The van der Waals surface area contributed by atoms with E-state index in [2.05, 4.69) is 20.3 Å². The fourth-order valence-corrected chi connectivity index (χ4v) is 4.05. The SMILES string of the molecule is Cc1ccc(C(=O)N2C[C@@H]3COC[C@@H](CC(=O)Nc4cnccn4)[C@@H]3C2)cn1. The van der Waals surface area contributed by atoms with Gasteiger partial charge in [-0.1, -0.05) is 0 Å². The smallest absolute Gasteiger partial charge is 0.255 e. The van der Waals surface area contributed by atoms with Crippen molar-refractivity contribution in [3.63, 3.8) is 0 Å². The van der Waals surface area contributed by atoms with Crippen molar-refractivity contribution < 1.29 is 14.3 Å². The predicted octanol–water partition coefficient (Wildman–Crippen LogP) is 1.54. The Morgan fingerprint density at radius 2 is 2.07 bits per heavy atom. The number of rotatable bonds is 4. The lowest BCUT2D eigenvalue weighted by Gasteiger charge is -2.32. The van der Waals surface area contributed by atoms with Crippen LogP contribution in [-0.2, 0) is 9.53 Å². The summed E-state index contributed by atoms with van der Waals surface area (Å²) in [6.07, 6.45) is 6.58. The quantitative estimate of drug-likeness (QED) is 0.863. The number of anilines is 1. The fraction of sp³-hybridized carbons (Fsp3) is 0.450. The van der Waals surface area contributed by atoms with Crippen molar-refractivity contribution in [3.05, 3.63) is 48.2 Å². The minimum absolute atomic E-state index is 0.00957. The van der Waals surface area contributed by atoms with Crippen LogP contribution in [0, 0.1) is 24.7 Å². The van der Waals surface area contributed by atoms with Crippen LogP contribution in [0.15, 0.2) is 36.9 Å². The summed E-state index contributed by atoms with van der Waals surface area (Å²) in [7, 11) is 0. The number of hydrogen-bond acceptors (Lipinski definition) is 6. The molecule has 2 aromatic rings. The summed E-state index contributed by atoms with van der Waals surface area (Å²) < 4.78 is 5.74. The molecular formula is C20H23N5O3. The number of likely N-dealkylation sites (tertiary alicyclic amines) is 1. The monoisotopic (exact) mass is 381 g/mol.